The zero-order valence-electron chi connectivity index (χ0n) is 16.5. The first kappa shape index (κ1) is 19.6. The van der Waals surface area contributed by atoms with Crippen molar-refractivity contribution in [2.45, 2.75) is 51.7 Å². The van der Waals surface area contributed by atoms with Crippen molar-refractivity contribution in [3.63, 3.8) is 0 Å². The van der Waals surface area contributed by atoms with Crippen LogP contribution < -0.4 is 5.32 Å². The number of amides is 2. The molecule has 2 heterocycles. The van der Waals surface area contributed by atoms with E-state index in [1.165, 1.54) is 31.1 Å². The number of rotatable bonds is 6. The van der Waals surface area contributed by atoms with Gasteiger partial charge in [-0.2, -0.15) is 0 Å². The minimum atomic E-state index is -0.0234. The molecule has 0 unspecified atom stereocenters. The number of nitrogens with zero attached hydrogens (tertiary/aromatic N) is 1. The van der Waals surface area contributed by atoms with Gasteiger partial charge in [-0.05, 0) is 62.5 Å². The maximum atomic E-state index is 12.9. The molecule has 2 amide bonds. The number of Topliss-reactive ketones (excluding diaryl/α,β-unsaturated/α-hetero) is 1. The van der Waals surface area contributed by atoms with Gasteiger partial charge >= 0.3 is 0 Å². The second-order valence-electron chi connectivity index (χ2n) is 8.54. The van der Waals surface area contributed by atoms with E-state index in [0.717, 1.165) is 26.0 Å². The summed E-state index contributed by atoms with van der Waals surface area (Å²) in [4.78, 5) is 39.3. The van der Waals surface area contributed by atoms with Crippen molar-refractivity contribution in [2.24, 2.45) is 17.8 Å². The van der Waals surface area contributed by atoms with E-state index in [4.69, 9.17) is 4.74 Å². The Balaban J connectivity index is 1.41. The van der Waals surface area contributed by atoms with Gasteiger partial charge in [0.05, 0.1) is 21.9 Å². The van der Waals surface area contributed by atoms with Crippen molar-refractivity contribution >= 4 is 28.9 Å². The number of fused-ring (bicyclic) bond motifs is 1. The van der Waals surface area contributed by atoms with Crippen LogP contribution in [0.2, 0.25) is 0 Å². The smallest absolute Gasteiger partial charge is 0.263 e. The third-order valence-corrected chi connectivity index (χ3v) is 7.37. The van der Waals surface area contributed by atoms with Gasteiger partial charge in [-0.15, -0.1) is 11.3 Å². The number of ketones is 1. The summed E-state index contributed by atoms with van der Waals surface area (Å²) in [6.07, 6.45) is 4.26. The SMILES string of the molecule is CC(=O)N[C@@H]1C[C@@H]2CN(C(=O)c3ccc(C(C)=O)s3)C[C@@H]2C[C@H]1OCC1CC1. The highest BCUT2D eigenvalue weighted by Gasteiger charge is 2.44. The van der Waals surface area contributed by atoms with Gasteiger partial charge in [0.2, 0.25) is 5.91 Å². The second kappa shape index (κ2) is 7.95. The van der Waals surface area contributed by atoms with Crippen molar-refractivity contribution in [1.29, 1.82) is 0 Å². The molecule has 3 fully saturated rings. The maximum absolute atomic E-state index is 12.9. The van der Waals surface area contributed by atoms with Crippen LogP contribution in [-0.4, -0.2) is 54.3 Å². The molecule has 1 saturated heterocycles. The number of thiophene rings is 1. The Hall–Kier alpha value is -1.73. The lowest BCUT2D eigenvalue weighted by atomic mass is 9.77. The average molecular weight is 405 g/mol. The number of nitrogens with one attached hydrogen (secondary N) is 1. The lowest BCUT2D eigenvalue weighted by Crippen LogP contribution is -2.50. The molecule has 1 aromatic rings. The monoisotopic (exact) mass is 404 g/mol. The summed E-state index contributed by atoms with van der Waals surface area (Å²) in [5.41, 5.74) is 0. The van der Waals surface area contributed by atoms with Gasteiger partial charge in [-0.3, -0.25) is 14.4 Å². The summed E-state index contributed by atoms with van der Waals surface area (Å²) in [5.74, 6) is 1.46. The first-order valence-electron chi connectivity index (χ1n) is 10.2. The molecule has 152 valence electrons. The molecule has 0 spiro atoms. The molecule has 6 nitrogen and oxygen atoms in total. The van der Waals surface area contributed by atoms with E-state index in [2.05, 4.69) is 5.32 Å². The van der Waals surface area contributed by atoms with Crippen LogP contribution in [0.3, 0.4) is 0 Å². The van der Waals surface area contributed by atoms with Gasteiger partial charge in [-0.1, -0.05) is 0 Å². The molecule has 1 aromatic heterocycles. The molecule has 1 N–H and O–H groups in total. The molecule has 2 aliphatic carbocycles. The van der Waals surface area contributed by atoms with Crippen LogP contribution in [0.15, 0.2) is 12.1 Å². The average Bonchev–Trinajstić information content (AvgIpc) is 3.17. The Morgan fingerprint density at radius 1 is 1.11 bits per heavy atom. The number of hydrogen-bond donors (Lipinski definition) is 1. The van der Waals surface area contributed by atoms with Crippen molar-refractivity contribution in [3.8, 4) is 0 Å². The highest BCUT2D eigenvalue weighted by molar-refractivity contribution is 7.15. The summed E-state index contributed by atoms with van der Waals surface area (Å²) in [7, 11) is 0. The molecule has 0 bridgehead atoms. The van der Waals surface area contributed by atoms with Crippen LogP contribution in [0.5, 0.6) is 0 Å². The molecule has 4 atom stereocenters. The maximum Gasteiger partial charge on any atom is 0.263 e. The van der Waals surface area contributed by atoms with Crippen LogP contribution in [0.4, 0.5) is 0 Å². The van der Waals surface area contributed by atoms with Crippen molar-refractivity contribution in [3.05, 3.63) is 21.9 Å². The van der Waals surface area contributed by atoms with Gasteiger partial charge in [-0.25, -0.2) is 0 Å². The highest BCUT2D eigenvalue weighted by Crippen LogP contribution is 2.39. The summed E-state index contributed by atoms with van der Waals surface area (Å²) in [6.45, 7) is 5.30. The summed E-state index contributed by atoms with van der Waals surface area (Å²) < 4.78 is 6.19. The number of carbonyl (C=O) groups excluding carboxylic acids is 3. The Bertz CT molecular complexity index is 772. The molecular weight excluding hydrogens is 376 g/mol. The number of hydrogen-bond acceptors (Lipinski definition) is 5. The normalized spacial score (nSPS) is 29.4. The van der Waals surface area contributed by atoms with Crippen LogP contribution >= 0.6 is 11.3 Å². The van der Waals surface area contributed by atoms with E-state index in [9.17, 15) is 14.4 Å². The third kappa shape index (κ3) is 4.30. The third-order valence-electron chi connectivity index (χ3n) is 6.20. The Kier molecular flexibility index (Phi) is 5.56. The van der Waals surface area contributed by atoms with Gasteiger partial charge in [0.15, 0.2) is 5.78 Å². The topological polar surface area (TPSA) is 75.7 Å². The fourth-order valence-corrected chi connectivity index (χ4v) is 5.39. The van der Waals surface area contributed by atoms with Crippen molar-refractivity contribution in [1.82, 2.24) is 10.2 Å². The van der Waals surface area contributed by atoms with Gasteiger partial charge in [0.1, 0.15) is 0 Å². The Morgan fingerprint density at radius 2 is 1.79 bits per heavy atom. The van der Waals surface area contributed by atoms with Crippen LogP contribution in [0, 0.1) is 17.8 Å². The zero-order chi connectivity index (χ0) is 19.8. The number of ether oxygens (including phenoxy) is 1. The van der Waals surface area contributed by atoms with E-state index in [1.807, 2.05) is 4.90 Å². The largest absolute Gasteiger partial charge is 0.376 e. The Morgan fingerprint density at radius 3 is 2.39 bits per heavy atom. The minimum absolute atomic E-state index is 0.00653. The number of likely N-dealkylation sites (tertiary alicyclic amines) is 1. The van der Waals surface area contributed by atoms with Crippen LogP contribution in [-0.2, 0) is 9.53 Å². The zero-order valence-corrected chi connectivity index (χ0v) is 17.3. The summed E-state index contributed by atoms with van der Waals surface area (Å²) >= 11 is 1.27. The second-order valence-corrected chi connectivity index (χ2v) is 9.63. The van der Waals surface area contributed by atoms with Gasteiger partial charge in [0.25, 0.3) is 5.91 Å². The molecule has 2 saturated carbocycles. The molecule has 4 rings (SSSR count). The Labute approximate surface area is 169 Å². The predicted octanol–water partition coefficient (Wildman–Crippen LogP) is 2.73. The molecule has 0 aromatic carbocycles. The van der Waals surface area contributed by atoms with Crippen LogP contribution in [0.1, 0.15) is 58.9 Å². The molecule has 28 heavy (non-hydrogen) atoms. The van der Waals surface area contributed by atoms with Gasteiger partial charge < -0.3 is 15.0 Å². The quantitative estimate of drug-likeness (QED) is 0.740. The predicted molar refractivity (Wildman–Crippen MR) is 107 cm³/mol. The highest BCUT2D eigenvalue weighted by atomic mass is 32.1. The fraction of sp³-hybridized carbons (Fsp3) is 0.667. The molecule has 3 aliphatic rings. The van der Waals surface area contributed by atoms with E-state index in [-0.39, 0.29) is 29.7 Å². The molecule has 7 heteroatoms. The van der Waals surface area contributed by atoms with E-state index < -0.39 is 0 Å². The first-order chi connectivity index (χ1) is 13.4. The first-order valence-corrected chi connectivity index (χ1v) is 11.0. The summed E-state index contributed by atoms with van der Waals surface area (Å²) in [5, 5.41) is 3.08. The van der Waals surface area contributed by atoms with Gasteiger partial charge in [0, 0.05) is 26.6 Å². The fourth-order valence-electron chi connectivity index (χ4n) is 4.52. The van der Waals surface area contributed by atoms with Crippen molar-refractivity contribution < 1.29 is 19.1 Å². The number of carbonyl (C=O) groups is 3. The molecular formula is C21H28N2O4S. The standard InChI is InChI=1S/C21H28N2O4S/c1-12(24)19-5-6-20(28-19)21(26)23-9-15-7-17(22-13(2)25)18(8-16(15)10-23)27-11-14-3-4-14/h5-6,14-18H,3-4,7-11H2,1-2H3,(H,22,25)/t15-,16+,17-,18-/m1/s1. The van der Waals surface area contributed by atoms with E-state index in [0.29, 0.717) is 34.1 Å². The van der Waals surface area contributed by atoms with Crippen LogP contribution in [0.25, 0.3) is 0 Å². The minimum Gasteiger partial charge on any atom is -0.376 e. The molecule has 1 aliphatic heterocycles. The lowest BCUT2D eigenvalue weighted by Gasteiger charge is -2.38. The van der Waals surface area contributed by atoms with E-state index in [1.54, 1.807) is 19.1 Å². The van der Waals surface area contributed by atoms with Crippen molar-refractivity contribution in [2.75, 3.05) is 19.7 Å². The van der Waals surface area contributed by atoms with E-state index >= 15 is 0 Å². The lowest BCUT2D eigenvalue weighted by molar-refractivity contribution is -0.122. The summed E-state index contributed by atoms with van der Waals surface area (Å²) in [6, 6.07) is 3.52. The molecule has 0 radical (unpaired) electrons.